The van der Waals surface area contributed by atoms with Crippen LogP contribution < -0.4 is 5.32 Å². The molecular formula is C11H18N2O3. The van der Waals surface area contributed by atoms with Crippen molar-refractivity contribution in [2.75, 3.05) is 19.8 Å². The molecule has 0 radical (unpaired) electrons. The Kier molecular flexibility index (Phi) is 3.93. The van der Waals surface area contributed by atoms with Crippen LogP contribution in [0.4, 0.5) is 0 Å². The molecule has 5 heteroatoms. The van der Waals surface area contributed by atoms with Crippen molar-refractivity contribution in [3.63, 3.8) is 0 Å². The second-order valence-electron chi connectivity index (χ2n) is 4.13. The summed E-state index contributed by atoms with van der Waals surface area (Å²) in [5.41, 5.74) is 0. The summed E-state index contributed by atoms with van der Waals surface area (Å²) in [5.74, 6) is 1.44. The summed E-state index contributed by atoms with van der Waals surface area (Å²) in [6.45, 7) is 6.64. The molecule has 1 atom stereocenters. The van der Waals surface area contributed by atoms with E-state index in [-0.39, 0.29) is 6.10 Å². The second-order valence-corrected chi connectivity index (χ2v) is 4.13. The highest BCUT2D eigenvalue weighted by molar-refractivity contribution is 4.99. The summed E-state index contributed by atoms with van der Waals surface area (Å²) in [5, 5.41) is 3.25. The third-order valence-electron chi connectivity index (χ3n) is 2.37. The molecule has 0 aromatic carbocycles. The van der Waals surface area contributed by atoms with E-state index >= 15 is 0 Å². The molecule has 90 valence electrons. The Morgan fingerprint density at radius 2 is 2.38 bits per heavy atom. The lowest BCUT2D eigenvalue weighted by atomic mass is 10.3. The molecule has 1 aromatic rings. The first-order valence-corrected chi connectivity index (χ1v) is 5.63. The van der Waals surface area contributed by atoms with E-state index in [9.17, 15) is 0 Å². The smallest absolute Gasteiger partial charge is 0.208 e. The molecule has 16 heavy (non-hydrogen) atoms. The van der Waals surface area contributed by atoms with Crippen molar-refractivity contribution in [2.45, 2.75) is 32.5 Å². The molecule has 5 nitrogen and oxygen atoms in total. The summed E-state index contributed by atoms with van der Waals surface area (Å²) in [6.07, 6.45) is 1.62. The molecule has 1 fully saturated rings. The molecule has 1 aliphatic heterocycles. The first kappa shape index (κ1) is 11.6. The third-order valence-corrected chi connectivity index (χ3v) is 2.37. The zero-order valence-corrected chi connectivity index (χ0v) is 9.73. The van der Waals surface area contributed by atoms with Crippen LogP contribution in [0.1, 0.15) is 31.6 Å². The van der Waals surface area contributed by atoms with E-state index in [1.54, 1.807) is 6.20 Å². The summed E-state index contributed by atoms with van der Waals surface area (Å²) >= 11 is 0. The number of oxazole rings is 1. The SMILES string of the molecule is CC(C)NCc1ncc(C2COCCO2)o1. The van der Waals surface area contributed by atoms with Crippen LogP contribution in [0, 0.1) is 0 Å². The maximum atomic E-state index is 5.59. The van der Waals surface area contributed by atoms with Crippen LogP contribution in [0.2, 0.25) is 0 Å². The Balaban J connectivity index is 1.90. The van der Waals surface area contributed by atoms with Gasteiger partial charge in [-0.25, -0.2) is 4.98 Å². The van der Waals surface area contributed by atoms with Gasteiger partial charge in [-0.15, -0.1) is 0 Å². The fourth-order valence-corrected chi connectivity index (χ4v) is 1.50. The normalized spacial score (nSPS) is 21.6. The monoisotopic (exact) mass is 226 g/mol. The average molecular weight is 226 g/mol. The molecule has 1 N–H and O–H groups in total. The van der Waals surface area contributed by atoms with Gasteiger partial charge in [-0.05, 0) is 0 Å². The van der Waals surface area contributed by atoms with Crippen LogP contribution in [0.3, 0.4) is 0 Å². The molecule has 0 aliphatic carbocycles. The molecule has 0 spiro atoms. The standard InChI is InChI=1S/C11H18N2O3/c1-8(2)12-6-11-13-5-9(16-11)10-7-14-3-4-15-10/h5,8,10,12H,3-4,6-7H2,1-2H3. The Hall–Kier alpha value is -0.910. The lowest BCUT2D eigenvalue weighted by Crippen LogP contribution is -2.22. The lowest BCUT2D eigenvalue weighted by Gasteiger charge is -2.20. The van der Waals surface area contributed by atoms with Gasteiger partial charge in [0.2, 0.25) is 5.89 Å². The minimum atomic E-state index is -0.103. The van der Waals surface area contributed by atoms with Crippen molar-refractivity contribution in [1.82, 2.24) is 10.3 Å². The molecule has 1 unspecified atom stereocenters. The van der Waals surface area contributed by atoms with Gasteiger partial charge in [-0.3, -0.25) is 0 Å². The van der Waals surface area contributed by atoms with Gasteiger partial charge in [-0.2, -0.15) is 0 Å². The number of ether oxygens (including phenoxy) is 2. The first-order chi connectivity index (χ1) is 7.75. The van der Waals surface area contributed by atoms with Crippen molar-refractivity contribution < 1.29 is 13.9 Å². The maximum absolute atomic E-state index is 5.59. The van der Waals surface area contributed by atoms with Gasteiger partial charge in [0.15, 0.2) is 5.76 Å². The van der Waals surface area contributed by atoms with Crippen molar-refractivity contribution in [1.29, 1.82) is 0 Å². The fourth-order valence-electron chi connectivity index (χ4n) is 1.50. The van der Waals surface area contributed by atoms with Gasteiger partial charge in [0, 0.05) is 6.04 Å². The summed E-state index contributed by atoms with van der Waals surface area (Å²) in [7, 11) is 0. The second kappa shape index (κ2) is 5.43. The van der Waals surface area contributed by atoms with Gasteiger partial charge in [0.05, 0.1) is 32.6 Å². The molecule has 2 heterocycles. The lowest BCUT2D eigenvalue weighted by molar-refractivity contribution is -0.0978. The van der Waals surface area contributed by atoms with Gasteiger partial charge in [0.25, 0.3) is 0 Å². The molecule has 1 aromatic heterocycles. The van der Waals surface area contributed by atoms with Crippen LogP contribution in [0.5, 0.6) is 0 Å². The molecular weight excluding hydrogens is 208 g/mol. The zero-order valence-electron chi connectivity index (χ0n) is 9.73. The van der Waals surface area contributed by atoms with E-state index in [0.29, 0.717) is 38.3 Å². The average Bonchev–Trinajstić information content (AvgIpc) is 2.76. The van der Waals surface area contributed by atoms with E-state index in [4.69, 9.17) is 13.9 Å². The van der Waals surface area contributed by atoms with Crippen LogP contribution in [0.25, 0.3) is 0 Å². The van der Waals surface area contributed by atoms with Crippen molar-refractivity contribution in [3.8, 4) is 0 Å². The highest BCUT2D eigenvalue weighted by Gasteiger charge is 2.20. The van der Waals surface area contributed by atoms with Crippen LogP contribution in [0.15, 0.2) is 10.6 Å². The van der Waals surface area contributed by atoms with Gasteiger partial charge in [-0.1, -0.05) is 13.8 Å². The Bertz CT molecular complexity index is 319. The zero-order chi connectivity index (χ0) is 11.4. The van der Waals surface area contributed by atoms with Crippen molar-refractivity contribution >= 4 is 0 Å². The number of aromatic nitrogens is 1. The highest BCUT2D eigenvalue weighted by Crippen LogP contribution is 2.21. The number of hydrogen-bond acceptors (Lipinski definition) is 5. The predicted molar refractivity (Wildman–Crippen MR) is 58.0 cm³/mol. The topological polar surface area (TPSA) is 56.5 Å². The number of nitrogens with one attached hydrogen (secondary N) is 1. The highest BCUT2D eigenvalue weighted by atomic mass is 16.6. The summed E-state index contributed by atoms with van der Waals surface area (Å²) in [6, 6.07) is 0.421. The number of nitrogens with zero attached hydrogens (tertiary/aromatic N) is 1. The van der Waals surface area contributed by atoms with Gasteiger partial charge in [0.1, 0.15) is 6.10 Å². The molecule has 2 rings (SSSR count). The van der Waals surface area contributed by atoms with Crippen LogP contribution >= 0.6 is 0 Å². The van der Waals surface area contributed by atoms with Gasteiger partial charge >= 0.3 is 0 Å². The minimum absolute atomic E-state index is 0.103. The Morgan fingerprint density at radius 3 is 3.06 bits per heavy atom. The molecule has 0 amide bonds. The van der Waals surface area contributed by atoms with Gasteiger partial charge < -0.3 is 19.2 Å². The van der Waals surface area contributed by atoms with E-state index < -0.39 is 0 Å². The van der Waals surface area contributed by atoms with E-state index in [1.807, 2.05) is 0 Å². The summed E-state index contributed by atoms with van der Waals surface area (Å²) < 4.78 is 16.4. The number of hydrogen-bond donors (Lipinski definition) is 1. The fraction of sp³-hybridized carbons (Fsp3) is 0.727. The largest absolute Gasteiger partial charge is 0.441 e. The van der Waals surface area contributed by atoms with E-state index in [0.717, 1.165) is 5.76 Å². The number of rotatable bonds is 4. The quantitative estimate of drug-likeness (QED) is 0.837. The van der Waals surface area contributed by atoms with Crippen molar-refractivity contribution in [2.24, 2.45) is 0 Å². The predicted octanol–water partition coefficient (Wildman–Crippen LogP) is 1.26. The maximum Gasteiger partial charge on any atom is 0.208 e. The van der Waals surface area contributed by atoms with E-state index in [2.05, 4.69) is 24.1 Å². The minimum Gasteiger partial charge on any atom is -0.441 e. The molecule has 0 bridgehead atoms. The molecule has 1 saturated heterocycles. The molecule has 0 saturated carbocycles. The molecule has 1 aliphatic rings. The third kappa shape index (κ3) is 3.04. The first-order valence-electron chi connectivity index (χ1n) is 5.63. The Morgan fingerprint density at radius 1 is 1.50 bits per heavy atom. The summed E-state index contributed by atoms with van der Waals surface area (Å²) in [4.78, 5) is 4.20. The van der Waals surface area contributed by atoms with Crippen LogP contribution in [-0.4, -0.2) is 30.8 Å². The van der Waals surface area contributed by atoms with E-state index in [1.165, 1.54) is 0 Å². The Labute approximate surface area is 95.1 Å². The van der Waals surface area contributed by atoms with Crippen LogP contribution in [-0.2, 0) is 16.0 Å². The van der Waals surface area contributed by atoms with Crippen molar-refractivity contribution in [3.05, 3.63) is 17.8 Å².